The number of rotatable bonds is 5. The number of carbonyl (C=O) groups is 2. The molecule has 2 aromatic rings. The summed E-state index contributed by atoms with van der Waals surface area (Å²) in [5.74, 6) is -0.415. The van der Waals surface area contributed by atoms with Gasteiger partial charge >= 0.3 is 0 Å². The number of amides is 2. The van der Waals surface area contributed by atoms with Crippen molar-refractivity contribution in [1.82, 2.24) is 10.3 Å². The quantitative estimate of drug-likeness (QED) is 0.800. The zero-order valence-electron chi connectivity index (χ0n) is 14.3. The topological polar surface area (TPSA) is 71.1 Å². The minimum absolute atomic E-state index is 0.183. The Balaban J connectivity index is 1.70. The Labute approximate surface area is 162 Å². The average molecular weight is 392 g/mol. The van der Waals surface area contributed by atoms with Gasteiger partial charge in [0, 0.05) is 22.5 Å². The molecule has 3 rings (SSSR count). The molecular weight excluding hydrogens is 373 g/mol. The summed E-state index contributed by atoms with van der Waals surface area (Å²) in [5.41, 5.74) is 1.52. The number of hydrogen-bond donors (Lipinski definition) is 2. The Hall–Kier alpha value is -2.11. The molecule has 1 aliphatic rings. The van der Waals surface area contributed by atoms with E-state index in [0.29, 0.717) is 27.8 Å². The standard InChI is InChI=1S/C19H19Cl2N3O2/c1-12(25)23-15-5-6-17(22-11-15)18(26)24-19(7-2-8-19)10-13-3-4-14(20)9-16(13)21/h3-6,9,11H,2,7-8,10H2,1H3,(H,23,25)(H,24,26). The molecule has 1 aromatic heterocycles. The predicted octanol–water partition coefficient (Wildman–Crippen LogP) is 4.24. The van der Waals surface area contributed by atoms with Gasteiger partial charge in [-0.2, -0.15) is 0 Å². The highest BCUT2D eigenvalue weighted by atomic mass is 35.5. The molecule has 1 aromatic carbocycles. The van der Waals surface area contributed by atoms with Crippen LogP contribution in [-0.2, 0) is 11.2 Å². The zero-order valence-corrected chi connectivity index (χ0v) is 15.8. The fraction of sp³-hybridized carbons (Fsp3) is 0.316. The molecule has 1 heterocycles. The smallest absolute Gasteiger partial charge is 0.270 e. The Morgan fingerprint density at radius 1 is 1.19 bits per heavy atom. The predicted molar refractivity (Wildman–Crippen MR) is 103 cm³/mol. The van der Waals surface area contributed by atoms with Crippen LogP contribution in [0, 0.1) is 0 Å². The van der Waals surface area contributed by atoms with Gasteiger partial charge in [0.25, 0.3) is 5.91 Å². The fourth-order valence-electron chi connectivity index (χ4n) is 3.09. The van der Waals surface area contributed by atoms with Gasteiger partial charge in [-0.25, -0.2) is 4.98 Å². The van der Waals surface area contributed by atoms with Gasteiger partial charge in [-0.05, 0) is 55.5 Å². The highest BCUT2D eigenvalue weighted by molar-refractivity contribution is 6.35. The van der Waals surface area contributed by atoms with Gasteiger partial charge in [0.15, 0.2) is 0 Å². The first-order valence-corrected chi connectivity index (χ1v) is 9.13. The number of halogens is 2. The van der Waals surface area contributed by atoms with Gasteiger partial charge in [0.1, 0.15) is 5.69 Å². The number of carbonyl (C=O) groups excluding carboxylic acids is 2. The van der Waals surface area contributed by atoms with Gasteiger partial charge in [-0.3, -0.25) is 9.59 Å². The number of hydrogen-bond acceptors (Lipinski definition) is 3. The number of nitrogens with one attached hydrogen (secondary N) is 2. The molecule has 1 aliphatic carbocycles. The van der Waals surface area contributed by atoms with Crippen LogP contribution >= 0.6 is 23.2 Å². The number of pyridine rings is 1. The van der Waals surface area contributed by atoms with Crippen molar-refractivity contribution in [3.63, 3.8) is 0 Å². The summed E-state index contributed by atoms with van der Waals surface area (Å²) in [6.07, 6.45) is 4.96. The molecule has 0 aliphatic heterocycles. The van der Waals surface area contributed by atoms with Crippen LogP contribution in [-0.4, -0.2) is 22.3 Å². The van der Waals surface area contributed by atoms with Crippen molar-refractivity contribution >= 4 is 40.7 Å². The van der Waals surface area contributed by atoms with E-state index < -0.39 is 0 Å². The summed E-state index contributed by atoms with van der Waals surface area (Å²) in [4.78, 5) is 27.8. The molecule has 0 saturated heterocycles. The van der Waals surface area contributed by atoms with Crippen molar-refractivity contribution in [2.45, 2.75) is 38.1 Å². The maximum Gasteiger partial charge on any atom is 0.270 e. The lowest BCUT2D eigenvalue weighted by Gasteiger charge is -2.43. The molecule has 26 heavy (non-hydrogen) atoms. The summed E-state index contributed by atoms with van der Waals surface area (Å²) in [6.45, 7) is 1.42. The molecule has 0 atom stereocenters. The SMILES string of the molecule is CC(=O)Nc1ccc(C(=O)NC2(Cc3ccc(Cl)cc3Cl)CCC2)nc1. The number of anilines is 1. The van der Waals surface area contributed by atoms with Crippen LogP contribution in [0.15, 0.2) is 36.5 Å². The van der Waals surface area contributed by atoms with Crippen molar-refractivity contribution in [2.75, 3.05) is 5.32 Å². The van der Waals surface area contributed by atoms with Gasteiger partial charge in [0.05, 0.1) is 11.9 Å². The molecule has 0 radical (unpaired) electrons. The van der Waals surface area contributed by atoms with E-state index in [9.17, 15) is 9.59 Å². The van der Waals surface area contributed by atoms with Crippen LogP contribution in [0.5, 0.6) is 0 Å². The Morgan fingerprint density at radius 2 is 1.96 bits per heavy atom. The van der Waals surface area contributed by atoms with Crippen molar-refractivity contribution in [3.8, 4) is 0 Å². The Bertz CT molecular complexity index is 833. The molecule has 0 bridgehead atoms. The third kappa shape index (κ3) is 4.34. The fourth-order valence-corrected chi connectivity index (χ4v) is 3.56. The van der Waals surface area contributed by atoms with Crippen LogP contribution in [0.2, 0.25) is 10.0 Å². The minimum Gasteiger partial charge on any atom is -0.345 e. The third-order valence-corrected chi connectivity index (χ3v) is 5.14. The Kier molecular flexibility index (Phi) is 5.49. The molecule has 0 spiro atoms. The van der Waals surface area contributed by atoms with Crippen LogP contribution in [0.25, 0.3) is 0 Å². The molecule has 1 saturated carbocycles. The third-order valence-electron chi connectivity index (χ3n) is 4.55. The summed E-state index contributed by atoms with van der Waals surface area (Å²) in [7, 11) is 0. The monoisotopic (exact) mass is 391 g/mol. The zero-order chi connectivity index (χ0) is 18.7. The maximum absolute atomic E-state index is 12.6. The molecule has 5 nitrogen and oxygen atoms in total. The van der Waals surface area contributed by atoms with Gasteiger partial charge in [0.2, 0.25) is 5.91 Å². The van der Waals surface area contributed by atoms with E-state index in [1.54, 1.807) is 24.3 Å². The molecule has 7 heteroatoms. The summed E-state index contributed by atoms with van der Waals surface area (Å²) < 4.78 is 0. The van der Waals surface area contributed by atoms with Crippen molar-refractivity contribution < 1.29 is 9.59 Å². The molecule has 1 fully saturated rings. The second-order valence-corrected chi connectivity index (χ2v) is 7.46. The molecule has 2 amide bonds. The van der Waals surface area contributed by atoms with Crippen LogP contribution in [0.4, 0.5) is 5.69 Å². The molecule has 0 unspecified atom stereocenters. The first-order valence-electron chi connectivity index (χ1n) is 8.37. The van der Waals surface area contributed by atoms with E-state index >= 15 is 0 Å². The van der Waals surface area contributed by atoms with Gasteiger partial charge < -0.3 is 10.6 Å². The molecule has 2 N–H and O–H groups in total. The highest BCUT2D eigenvalue weighted by Gasteiger charge is 2.39. The maximum atomic E-state index is 12.6. The second kappa shape index (κ2) is 7.64. The summed E-state index contributed by atoms with van der Waals surface area (Å²) >= 11 is 12.2. The lowest BCUT2D eigenvalue weighted by molar-refractivity contribution is -0.114. The first kappa shape index (κ1) is 18.7. The second-order valence-electron chi connectivity index (χ2n) is 6.61. The largest absolute Gasteiger partial charge is 0.345 e. The highest BCUT2D eigenvalue weighted by Crippen LogP contribution is 2.37. The minimum atomic E-state index is -0.313. The summed E-state index contributed by atoms with van der Waals surface area (Å²) in [6, 6.07) is 8.68. The van der Waals surface area contributed by atoms with Crippen molar-refractivity contribution in [2.24, 2.45) is 0 Å². The molecule has 136 valence electrons. The molecular formula is C19H19Cl2N3O2. The lowest BCUT2D eigenvalue weighted by atomic mass is 9.72. The number of benzene rings is 1. The summed E-state index contributed by atoms with van der Waals surface area (Å²) in [5, 5.41) is 6.94. The van der Waals surface area contributed by atoms with E-state index in [0.717, 1.165) is 24.8 Å². The average Bonchev–Trinajstić information content (AvgIpc) is 2.55. The number of nitrogens with zero attached hydrogens (tertiary/aromatic N) is 1. The van der Waals surface area contributed by atoms with Crippen LogP contribution in [0.3, 0.4) is 0 Å². The van der Waals surface area contributed by atoms with E-state index in [-0.39, 0.29) is 17.4 Å². The van der Waals surface area contributed by atoms with E-state index in [4.69, 9.17) is 23.2 Å². The van der Waals surface area contributed by atoms with Crippen molar-refractivity contribution in [3.05, 3.63) is 57.8 Å². The van der Waals surface area contributed by atoms with Crippen LogP contribution < -0.4 is 10.6 Å². The normalized spacial score (nSPS) is 15.0. The van der Waals surface area contributed by atoms with Crippen molar-refractivity contribution in [1.29, 1.82) is 0 Å². The Morgan fingerprint density at radius 3 is 2.50 bits per heavy atom. The van der Waals surface area contributed by atoms with E-state index in [1.165, 1.54) is 13.1 Å². The van der Waals surface area contributed by atoms with Gasteiger partial charge in [-0.1, -0.05) is 29.3 Å². The number of aromatic nitrogens is 1. The first-order chi connectivity index (χ1) is 12.4. The van der Waals surface area contributed by atoms with Crippen LogP contribution in [0.1, 0.15) is 42.2 Å². The van der Waals surface area contributed by atoms with E-state index in [1.807, 2.05) is 6.07 Å². The van der Waals surface area contributed by atoms with Gasteiger partial charge in [-0.15, -0.1) is 0 Å². The van der Waals surface area contributed by atoms with E-state index in [2.05, 4.69) is 15.6 Å². The lowest BCUT2D eigenvalue weighted by Crippen LogP contribution is -2.55.